The summed E-state index contributed by atoms with van der Waals surface area (Å²) in [6.45, 7) is 4.74. The molecule has 19 nitrogen and oxygen atoms in total. The highest BCUT2D eigenvalue weighted by atomic mass is 32.1. The zero-order chi connectivity index (χ0) is 38.3. The molecule has 1 aromatic carbocycles. The molecule has 21 heteroatoms. The number of nitrogens with two attached hydrogens (primary N) is 1. The average molecular weight is 744 g/mol. The van der Waals surface area contributed by atoms with E-state index in [1.807, 2.05) is 0 Å². The molecule has 2 atom stereocenters. The highest BCUT2D eigenvalue weighted by molar-refractivity contribution is 7.13. The van der Waals surface area contributed by atoms with Gasteiger partial charge in [0.25, 0.3) is 0 Å². The van der Waals surface area contributed by atoms with Crippen molar-refractivity contribution in [2.75, 3.05) is 58.1 Å². The molecule has 2 aromatic rings. The van der Waals surface area contributed by atoms with Crippen LogP contribution in [0.5, 0.6) is 5.75 Å². The summed E-state index contributed by atoms with van der Waals surface area (Å²) >= 11 is 1.08. The zero-order valence-electron chi connectivity index (χ0n) is 28.4. The molecule has 278 valence electrons. The Morgan fingerprint density at radius 3 is 2.02 bits per heavy atom. The number of aliphatic carboxylic acids is 1. The summed E-state index contributed by atoms with van der Waals surface area (Å²) < 4.78 is 5.47. The molecule has 0 aliphatic carbocycles. The monoisotopic (exact) mass is 743 g/mol. The number of thiazole rings is 1. The first-order chi connectivity index (χ1) is 24.6. The number of amides is 5. The Labute approximate surface area is 301 Å². The molecule has 3 aliphatic rings. The molecule has 52 heavy (non-hydrogen) atoms. The second-order valence-electron chi connectivity index (χ2n) is 12.0. The van der Waals surface area contributed by atoms with Crippen LogP contribution >= 0.6 is 11.3 Å². The lowest BCUT2D eigenvalue weighted by molar-refractivity contribution is -0.158. The topological polar surface area (TPSA) is 270 Å². The molecule has 1 aromatic heterocycles. The van der Waals surface area contributed by atoms with Gasteiger partial charge in [-0.2, -0.15) is 0 Å². The normalized spacial score (nSPS) is 17.9. The summed E-state index contributed by atoms with van der Waals surface area (Å²) in [5.41, 5.74) is 6.37. The fourth-order valence-corrected chi connectivity index (χ4v) is 6.42. The van der Waals surface area contributed by atoms with Crippen molar-refractivity contribution in [2.45, 2.75) is 38.5 Å². The van der Waals surface area contributed by atoms with E-state index in [4.69, 9.17) is 15.5 Å². The summed E-state index contributed by atoms with van der Waals surface area (Å²) in [6, 6.07) is 3.34. The number of ketones is 1. The van der Waals surface area contributed by atoms with E-state index in [1.165, 1.54) is 21.2 Å². The first kappa shape index (κ1) is 39.2. The van der Waals surface area contributed by atoms with Gasteiger partial charge in [0, 0.05) is 56.9 Å². The van der Waals surface area contributed by atoms with Gasteiger partial charge < -0.3 is 50.5 Å². The molecule has 6 N–H and O–H groups in total. The molecule has 1 unspecified atom stereocenters. The molecule has 2 fully saturated rings. The number of benzene rings is 1. The van der Waals surface area contributed by atoms with Gasteiger partial charge in [-0.15, -0.1) is 11.3 Å². The van der Waals surface area contributed by atoms with Crippen LogP contribution in [0.2, 0.25) is 5.82 Å². The number of aromatic nitrogens is 1. The molecular weight excluding hydrogens is 705 g/mol. The number of likely N-dealkylation sites (N-methyl/N-ethyl adjacent to an activating group) is 2. The maximum absolute atomic E-state index is 13.4. The van der Waals surface area contributed by atoms with E-state index in [2.05, 4.69) is 10.3 Å². The number of aromatic carboxylic acids is 1. The molecular formula is C31H38BN7O12S. The minimum atomic E-state index is -1.46. The van der Waals surface area contributed by atoms with Crippen molar-refractivity contribution in [2.24, 2.45) is 0 Å². The molecule has 4 heterocycles. The molecule has 3 aliphatic heterocycles. The van der Waals surface area contributed by atoms with Gasteiger partial charge in [0.05, 0.1) is 11.3 Å². The van der Waals surface area contributed by atoms with E-state index in [9.17, 15) is 48.5 Å². The number of para-hydroxylation sites is 1. The number of hydrogen-bond donors (Lipinski definition) is 5. The van der Waals surface area contributed by atoms with Gasteiger partial charge in [-0.25, -0.2) is 9.78 Å². The van der Waals surface area contributed by atoms with Crippen LogP contribution in [0.15, 0.2) is 23.6 Å². The van der Waals surface area contributed by atoms with Crippen LogP contribution in [-0.4, -0.2) is 147 Å². The predicted octanol–water partition coefficient (Wildman–Crippen LogP) is -1.52. The number of carboxylic acids is 2. The number of carboxylic acid groups (broad SMARTS) is 2. The first-order valence-electron chi connectivity index (χ1n) is 16.3. The summed E-state index contributed by atoms with van der Waals surface area (Å²) in [5.74, 6) is -6.96. The fourth-order valence-electron chi connectivity index (χ4n) is 5.83. The zero-order valence-corrected chi connectivity index (χ0v) is 29.2. The van der Waals surface area contributed by atoms with E-state index < -0.39 is 79.3 Å². The van der Waals surface area contributed by atoms with Gasteiger partial charge in [-0.05, 0) is 31.9 Å². The van der Waals surface area contributed by atoms with E-state index in [-0.39, 0.29) is 41.5 Å². The van der Waals surface area contributed by atoms with Crippen molar-refractivity contribution < 1.29 is 58.2 Å². The Balaban J connectivity index is 0.000000363. The van der Waals surface area contributed by atoms with Crippen molar-refractivity contribution in [3.05, 3.63) is 40.4 Å². The molecule has 5 rings (SSSR count). The third-order valence-corrected chi connectivity index (χ3v) is 9.29. The molecule has 5 amide bonds. The van der Waals surface area contributed by atoms with Crippen LogP contribution in [0.4, 0.5) is 5.13 Å². The Kier molecular flexibility index (Phi) is 12.9. The average Bonchev–Trinajstić information content (AvgIpc) is 3.53. The maximum Gasteiger partial charge on any atom is 0.526 e. The summed E-state index contributed by atoms with van der Waals surface area (Å²) in [7, 11) is -1.46. The van der Waals surface area contributed by atoms with Crippen LogP contribution in [0.25, 0.3) is 0 Å². The third kappa shape index (κ3) is 9.20. The van der Waals surface area contributed by atoms with Gasteiger partial charge in [0.1, 0.15) is 24.9 Å². The largest absolute Gasteiger partial charge is 0.535 e. The van der Waals surface area contributed by atoms with Crippen LogP contribution in [0.3, 0.4) is 0 Å². The lowest BCUT2D eigenvalue weighted by Crippen LogP contribution is -2.56. The van der Waals surface area contributed by atoms with Crippen LogP contribution in [0, 0.1) is 0 Å². The van der Waals surface area contributed by atoms with Crippen molar-refractivity contribution >= 4 is 70.8 Å². The summed E-state index contributed by atoms with van der Waals surface area (Å²) in [4.78, 5) is 104. The van der Waals surface area contributed by atoms with Gasteiger partial charge in [0.2, 0.25) is 5.91 Å². The Bertz CT molecular complexity index is 1760. The molecule has 0 saturated carbocycles. The van der Waals surface area contributed by atoms with E-state index in [0.717, 1.165) is 21.1 Å². The number of anilines is 1. The fraction of sp³-hybridized carbons (Fsp3) is 0.452. The number of fused-ring (bicyclic) bond motifs is 1. The summed E-state index contributed by atoms with van der Waals surface area (Å²) in [5, 5.41) is 32.7. The van der Waals surface area contributed by atoms with Crippen molar-refractivity contribution in [3.63, 3.8) is 0 Å². The number of carbonyl (C=O) groups is 8. The van der Waals surface area contributed by atoms with Crippen molar-refractivity contribution in [3.8, 4) is 5.75 Å². The Morgan fingerprint density at radius 1 is 0.942 bits per heavy atom. The van der Waals surface area contributed by atoms with Crippen LogP contribution in [-0.2, 0) is 40.0 Å². The number of nitrogens with zero attached hydrogens (tertiary/aromatic N) is 5. The number of nitrogens with one attached hydrogen (secondary N) is 1. The van der Waals surface area contributed by atoms with Gasteiger partial charge in [-0.1, -0.05) is 12.1 Å². The van der Waals surface area contributed by atoms with Gasteiger partial charge >= 0.3 is 42.7 Å². The van der Waals surface area contributed by atoms with Crippen molar-refractivity contribution in [1.82, 2.24) is 29.9 Å². The highest BCUT2D eigenvalue weighted by Gasteiger charge is 2.40. The second kappa shape index (κ2) is 17.1. The minimum absolute atomic E-state index is 0.0516. The number of rotatable bonds is 12. The van der Waals surface area contributed by atoms with E-state index >= 15 is 0 Å². The number of carbonyl (C=O) groups excluding carboxylic acids is 6. The Hall–Kier alpha value is -5.57. The Morgan fingerprint density at radius 2 is 1.50 bits per heavy atom. The molecule has 0 bridgehead atoms. The molecule has 2 saturated heterocycles. The van der Waals surface area contributed by atoms with Crippen molar-refractivity contribution in [1.29, 1.82) is 0 Å². The predicted molar refractivity (Wildman–Crippen MR) is 182 cm³/mol. The van der Waals surface area contributed by atoms with Crippen LogP contribution in [0.1, 0.15) is 47.9 Å². The molecule has 0 spiro atoms. The smallest absolute Gasteiger partial charge is 0.526 e. The standard InChI is InChI=1S/C23H26BN5O8S.C8H12N2O4/c1-2-28-6-7-29(21(33)20(28)32)10-17(31)27-18(15-11-38-23(25)26-15)16(30)9-13-8-12-4-3-5-14(22(34)35)19(12)37-24(13)36;1-2-9-3-4-10(5-6(11)12)8(14)7(9)13/h3-5,11,13,18,36H,2,6-10H2,1H3,(H2,25,26)(H,27,31)(H,34,35);2-5H2,1H3,(H,11,12)/t13-,18?;/m1./s1. The molecule has 0 radical (unpaired) electrons. The second-order valence-corrected chi connectivity index (χ2v) is 12.9. The van der Waals surface area contributed by atoms with Gasteiger partial charge in [0.15, 0.2) is 10.9 Å². The lowest BCUT2D eigenvalue weighted by atomic mass is 9.64. The lowest BCUT2D eigenvalue weighted by Gasteiger charge is -2.33. The van der Waals surface area contributed by atoms with Gasteiger partial charge in [-0.3, -0.25) is 33.6 Å². The number of piperazine rings is 2. The maximum atomic E-state index is 13.4. The number of hydrogen-bond acceptors (Lipinski definition) is 13. The first-order valence-corrected chi connectivity index (χ1v) is 17.1. The van der Waals surface area contributed by atoms with E-state index in [1.54, 1.807) is 26.0 Å². The number of nitrogen functional groups attached to an aromatic ring is 1. The summed E-state index contributed by atoms with van der Waals surface area (Å²) in [6.07, 6.45) is -0.0611. The van der Waals surface area contributed by atoms with E-state index in [0.29, 0.717) is 38.3 Å². The third-order valence-electron chi connectivity index (χ3n) is 8.60. The van der Waals surface area contributed by atoms with Crippen LogP contribution < -0.4 is 15.7 Å². The number of Topliss-reactive ketones (excluding diaryl/α,β-unsaturated/α-hetero) is 1. The quantitative estimate of drug-likeness (QED) is 0.122. The highest BCUT2D eigenvalue weighted by Crippen LogP contribution is 2.37. The minimum Gasteiger partial charge on any atom is -0.535 e. The SMILES string of the molecule is CCN1CCN(CC(=O)NC(C(=O)C[C@H]2Cc3cccc(C(=O)O)c3OB2O)c2csc(N)n2)C(=O)C1=O.CCN1CCN(CC(=O)O)C(=O)C1=O.